The quantitative estimate of drug-likeness (QED) is 0.0572. The van der Waals surface area contributed by atoms with Gasteiger partial charge in [-0.2, -0.15) is 0 Å². The lowest BCUT2D eigenvalue weighted by Crippen LogP contribution is -2.41. The molecule has 5 rings (SSSR count). The molecule has 15 nitrogen and oxygen atoms in total. The van der Waals surface area contributed by atoms with E-state index in [4.69, 9.17) is 4.74 Å². The van der Waals surface area contributed by atoms with E-state index in [0.29, 0.717) is 29.0 Å². The zero-order valence-corrected chi connectivity index (χ0v) is 22.7. The highest BCUT2D eigenvalue weighted by molar-refractivity contribution is 5.97. The minimum absolute atomic E-state index is 0.00453. The Hall–Kier alpha value is -6.51. The van der Waals surface area contributed by atoms with Gasteiger partial charge in [0, 0.05) is 5.56 Å². The van der Waals surface area contributed by atoms with Crippen molar-refractivity contribution in [3.63, 3.8) is 0 Å². The Morgan fingerprint density at radius 2 is 1.41 bits per heavy atom. The normalized spacial score (nSPS) is 11.6. The maximum Gasteiger partial charge on any atom is 0.294 e. The molecule has 1 aromatic heterocycles. The highest BCUT2D eigenvalue weighted by atomic mass is 16.6. The summed E-state index contributed by atoms with van der Waals surface area (Å²) >= 11 is 0. The van der Waals surface area contributed by atoms with Gasteiger partial charge in [-0.15, -0.1) is 4.68 Å². The lowest BCUT2D eigenvalue weighted by Gasteiger charge is -2.16. The van der Waals surface area contributed by atoms with Crippen molar-refractivity contribution in [3.05, 3.63) is 138 Å². The Kier molecular flexibility index (Phi) is 7.76. The molecule has 0 unspecified atom stereocenters. The van der Waals surface area contributed by atoms with Gasteiger partial charge in [-0.3, -0.25) is 35.1 Å². The highest BCUT2D eigenvalue weighted by Crippen LogP contribution is 2.41. The first-order valence-electron chi connectivity index (χ1n) is 12.7. The Morgan fingerprint density at radius 3 is 1.98 bits per heavy atom. The number of nitrogens with zero attached hydrogens (tertiary/aromatic N) is 6. The van der Waals surface area contributed by atoms with Crippen molar-refractivity contribution in [2.45, 2.75) is 6.54 Å². The first-order valence-corrected chi connectivity index (χ1v) is 12.7. The van der Waals surface area contributed by atoms with Crippen LogP contribution in [0.4, 0.5) is 17.1 Å². The van der Waals surface area contributed by atoms with Crippen molar-refractivity contribution >= 4 is 45.3 Å². The van der Waals surface area contributed by atoms with E-state index in [9.17, 15) is 40.2 Å². The van der Waals surface area contributed by atoms with E-state index in [1.54, 1.807) is 48.5 Å². The molecule has 0 spiro atoms. The lowest BCUT2D eigenvalue weighted by atomic mass is 10.0. The number of fused-ring (bicyclic) bond motifs is 1. The zero-order chi connectivity index (χ0) is 31.5. The smallest absolute Gasteiger partial charge is 0.294 e. The third kappa shape index (κ3) is 5.39. The third-order valence-electron chi connectivity index (χ3n) is 6.68. The number of hydrogen-bond acceptors (Lipinski definition) is 10. The Balaban J connectivity index is 1.82. The van der Waals surface area contributed by atoms with Crippen LogP contribution in [0.1, 0.15) is 21.5 Å². The summed E-state index contributed by atoms with van der Waals surface area (Å²) in [5.74, 6) is -0.738. The molecular weight excluding hydrogens is 576 g/mol. The number of non-ortho nitro benzene ring substituents is 1. The van der Waals surface area contributed by atoms with Crippen LogP contribution < -0.4 is 14.5 Å². The summed E-state index contributed by atoms with van der Waals surface area (Å²) in [4.78, 5) is 46.1. The molecule has 0 aliphatic heterocycles. The minimum Gasteiger partial charge on any atom is -0.869 e. The standard InChI is InChI=1S/C29H20N6O9/c1-44-21-13-11-18(12-14-21)26(36)17-31-22-9-5-6-10-23(22)32(30-31)28(29(37)19-7-3-2-4-8-19)27-24(34(40)41)15-20(33(38)39)16-25(27)35(42)43/h2-16H,17H2,1H3. The molecule has 4 aromatic carbocycles. The summed E-state index contributed by atoms with van der Waals surface area (Å²) in [7, 11) is 1.48. The van der Waals surface area contributed by atoms with Crippen LogP contribution in [0.15, 0.2) is 91.0 Å². The minimum atomic E-state index is -1.05. The molecule has 0 radical (unpaired) electrons. The van der Waals surface area contributed by atoms with Gasteiger partial charge in [0.1, 0.15) is 5.75 Å². The molecular formula is C29H20N6O9. The maximum atomic E-state index is 14.1. The SMILES string of the molecule is COc1ccc(C(=O)C[n+]2nn(/C(=C(/[O-])c3ccccc3)c3c([N+](=O)[O-])cc([N+](=O)[O-])cc3[N+](=O)[O-])c3ccccc32)cc1. The van der Waals surface area contributed by atoms with Gasteiger partial charge >= 0.3 is 0 Å². The predicted octanol–water partition coefficient (Wildman–Crippen LogP) is 3.67. The zero-order valence-electron chi connectivity index (χ0n) is 22.7. The fourth-order valence-corrected chi connectivity index (χ4v) is 4.63. The predicted molar refractivity (Wildman–Crippen MR) is 152 cm³/mol. The summed E-state index contributed by atoms with van der Waals surface area (Å²) in [6.07, 6.45) is 0. The number of hydrogen-bond donors (Lipinski definition) is 0. The molecule has 220 valence electrons. The largest absolute Gasteiger partial charge is 0.869 e. The van der Waals surface area contributed by atoms with Crippen LogP contribution in [-0.2, 0) is 6.54 Å². The number of ether oxygens (including phenoxy) is 1. The average molecular weight is 597 g/mol. The topological polar surface area (TPSA) is 200 Å². The van der Waals surface area contributed by atoms with E-state index >= 15 is 0 Å². The third-order valence-corrected chi connectivity index (χ3v) is 6.68. The summed E-state index contributed by atoms with van der Waals surface area (Å²) in [6.45, 7) is -0.336. The fourth-order valence-electron chi connectivity index (χ4n) is 4.63. The first-order chi connectivity index (χ1) is 21.1. The molecule has 15 heteroatoms. The molecule has 0 saturated carbocycles. The number of ketones is 1. The number of carbonyl (C=O) groups is 1. The number of aromatic nitrogens is 3. The maximum absolute atomic E-state index is 14.1. The fraction of sp³-hybridized carbons (Fsp3) is 0.0690. The molecule has 0 N–H and O–H groups in total. The van der Waals surface area contributed by atoms with Crippen molar-refractivity contribution in [1.29, 1.82) is 0 Å². The van der Waals surface area contributed by atoms with Gasteiger partial charge in [-0.05, 0) is 47.7 Å². The van der Waals surface area contributed by atoms with Crippen LogP contribution in [0.3, 0.4) is 0 Å². The van der Waals surface area contributed by atoms with Crippen LogP contribution in [-0.4, -0.2) is 37.6 Å². The van der Waals surface area contributed by atoms with Gasteiger partial charge in [0.15, 0.2) is 23.3 Å². The van der Waals surface area contributed by atoms with Crippen molar-refractivity contribution in [3.8, 4) is 5.75 Å². The van der Waals surface area contributed by atoms with Crippen molar-refractivity contribution in [2.75, 3.05) is 7.11 Å². The van der Waals surface area contributed by atoms with Crippen molar-refractivity contribution in [2.24, 2.45) is 0 Å². The van der Waals surface area contributed by atoms with Gasteiger partial charge in [0.2, 0.25) is 11.3 Å². The molecule has 0 aliphatic carbocycles. The van der Waals surface area contributed by atoms with Gasteiger partial charge in [-0.1, -0.05) is 47.1 Å². The number of nitro benzene ring substituents is 3. The highest BCUT2D eigenvalue weighted by Gasteiger charge is 2.38. The number of para-hydroxylation sites is 2. The van der Waals surface area contributed by atoms with Crippen LogP contribution >= 0.6 is 0 Å². The summed E-state index contributed by atoms with van der Waals surface area (Å²) in [5.41, 5.74) is -3.60. The van der Waals surface area contributed by atoms with E-state index in [0.717, 1.165) is 4.68 Å². The van der Waals surface area contributed by atoms with E-state index in [2.05, 4.69) is 5.21 Å². The van der Waals surface area contributed by atoms with Gasteiger partial charge in [0.05, 0.1) is 39.2 Å². The molecule has 44 heavy (non-hydrogen) atoms. The molecule has 0 fully saturated rings. The Labute approximate surface area is 246 Å². The van der Waals surface area contributed by atoms with Crippen LogP contribution in [0.5, 0.6) is 5.75 Å². The van der Waals surface area contributed by atoms with Crippen LogP contribution in [0.2, 0.25) is 0 Å². The monoisotopic (exact) mass is 596 g/mol. The van der Waals surface area contributed by atoms with E-state index < -0.39 is 48.9 Å². The summed E-state index contributed by atoms with van der Waals surface area (Å²) in [5, 5.41) is 54.5. The van der Waals surface area contributed by atoms with Gasteiger partial charge < -0.3 is 9.84 Å². The lowest BCUT2D eigenvalue weighted by molar-refractivity contribution is -0.719. The number of nitro groups is 3. The second-order valence-electron chi connectivity index (χ2n) is 9.27. The first kappa shape index (κ1) is 29.0. The number of Topliss-reactive ketones (excluding diaryl/α,β-unsaturated/α-hetero) is 1. The van der Waals surface area contributed by atoms with E-state index in [1.165, 1.54) is 42.1 Å². The Morgan fingerprint density at radius 1 is 0.818 bits per heavy atom. The second-order valence-corrected chi connectivity index (χ2v) is 9.27. The number of carbonyl (C=O) groups excluding carboxylic acids is 1. The van der Waals surface area contributed by atoms with Crippen molar-refractivity contribution < 1.29 is 34.1 Å². The van der Waals surface area contributed by atoms with Gasteiger partial charge in [0.25, 0.3) is 17.1 Å². The average Bonchev–Trinajstić information content (AvgIpc) is 3.38. The number of rotatable bonds is 10. The Bertz CT molecular complexity index is 1950. The van der Waals surface area contributed by atoms with E-state index in [-0.39, 0.29) is 23.4 Å². The summed E-state index contributed by atoms with van der Waals surface area (Å²) in [6, 6.07) is 21.2. The molecule has 0 amide bonds. The summed E-state index contributed by atoms with van der Waals surface area (Å²) < 4.78 is 7.36. The molecule has 0 bridgehead atoms. The number of benzene rings is 4. The molecule has 0 atom stereocenters. The molecule has 1 heterocycles. The molecule has 0 saturated heterocycles. The second kappa shape index (κ2) is 11.8. The molecule has 0 aliphatic rings. The van der Waals surface area contributed by atoms with E-state index in [1.807, 2.05) is 0 Å². The van der Waals surface area contributed by atoms with Crippen LogP contribution in [0.25, 0.3) is 22.5 Å². The van der Waals surface area contributed by atoms with Gasteiger partial charge in [-0.25, -0.2) is 0 Å². The van der Waals surface area contributed by atoms with Crippen molar-refractivity contribution in [1.82, 2.24) is 9.90 Å². The molecule has 5 aromatic rings. The number of methoxy groups -OCH3 is 1. The van der Waals surface area contributed by atoms with Crippen LogP contribution in [0, 0.1) is 30.3 Å².